The Kier molecular flexibility index (Phi) is 5.34. The Morgan fingerprint density at radius 3 is 2.13 bits per heavy atom. The van der Waals surface area contributed by atoms with E-state index in [9.17, 15) is 0 Å². The number of hydrogen-bond acceptors (Lipinski definition) is 5. The van der Waals surface area contributed by atoms with Crippen molar-refractivity contribution in [2.24, 2.45) is 0 Å². The highest BCUT2D eigenvalue weighted by Gasteiger charge is 2.22. The van der Waals surface area contributed by atoms with Gasteiger partial charge in [-0.3, -0.25) is 0 Å². The van der Waals surface area contributed by atoms with Crippen molar-refractivity contribution in [1.29, 1.82) is 0 Å². The Bertz CT molecular complexity index is 2710. The van der Waals surface area contributed by atoms with Crippen LogP contribution in [-0.4, -0.2) is 15.0 Å². The molecule has 1 aliphatic rings. The van der Waals surface area contributed by atoms with E-state index < -0.39 is 0 Å². The summed E-state index contributed by atoms with van der Waals surface area (Å²) in [6.07, 6.45) is 4.20. The summed E-state index contributed by atoms with van der Waals surface area (Å²) in [5.74, 6) is 1.90. The summed E-state index contributed by atoms with van der Waals surface area (Å²) in [7, 11) is 0. The first-order chi connectivity index (χ1) is 22.8. The van der Waals surface area contributed by atoms with Gasteiger partial charge in [0.15, 0.2) is 17.5 Å². The number of aromatic nitrogens is 3. The number of allylic oxidation sites excluding steroid dienone is 1. The summed E-state index contributed by atoms with van der Waals surface area (Å²) in [6, 6.07) is 41.7. The van der Waals surface area contributed by atoms with Crippen LogP contribution >= 0.6 is 0 Å². The predicted molar refractivity (Wildman–Crippen MR) is 185 cm³/mol. The Morgan fingerprint density at radius 1 is 0.478 bits per heavy atom. The van der Waals surface area contributed by atoms with Gasteiger partial charge in [-0.25, -0.2) is 15.0 Å². The molecule has 0 saturated carbocycles. The van der Waals surface area contributed by atoms with E-state index in [0.29, 0.717) is 17.5 Å². The number of para-hydroxylation sites is 1. The first-order valence-corrected chi connectivity index (χ1v) is 15.6. The smallest absolute Gasteiger partial charge is 0.164 e. The summed E-state index contributed by atoms with van der Waals surface area (Å²) in [6.45, 7) is 0. The third-order valence-electron chi connectivity index (χ3n) is 9.19. The zero-order valence-electron chi connectivity index (χ0n) is 24.7. The van der Waals surface area contributed by atoms with Crippen LogP contribution in [0.5, 0.6) is 0 Å². The largest absolute Gasteiger partial charge is 0.456 e. The van der Waals surface area contributed by atoms with E-state index in [-0.39, 0.29) is 0 Å². The number of hydrogen-bond donors (Lipinski definition) is 0. The molecular formula is C41H25N3O2. The van der Waals surface area contributed by atoms with Gasteiger partial charge in [0.25, 0.3) is 0 Å². The quantitative estimate of drug-likeness (QED) is 0.204. The lowest BCUT2D eigenvalue weighted by molar-refractivity contribution is 0.668. The second-order valence-electron chi connectivity index (χ2n) is 11.9. The van der Waals surface area contributed by atoms with Crippen LogP contribution in [0, 0.1) is 0 Å². The van der Waals surface area contributed by atoms with Crippen LogP contribution in [0.25, 0.3) is 83.0 Å². The fourth-order valence-electron chi connectivity index (χ4n) is 7.00. The second-order valence-corrected chi connectivity index (χ2v) is 11.9. The number of fused-ring (bicyclic) bond motifs is 8. The van der Waals surface area contributed by atoms with E-state index in [0.717, 1.165) is 78.8 Å². The molecule has 1 aliphatic carbocycles. The number of rotatable bonds is 3. The van der Waals surface area contributed by atoms with Crippen molar-refractivity contribution in [3.63, 3.8) is 0 Å². The van der Waals surface area contributed by atoms with Crippen molar-refractivity contribution in [2.45, 2.75) is 12.8 Å². The third kappa shape index (κ3) is 3.85. The summed E-state index contributed by atoms with van der Waals surface area (Å²) in [5.41, 5.74) is 8.69. The van der Waals surface area contributed by atoms with E-state index in [1.54, 1.807) is 0 Å². The van der Waals surface area contributed by atoms with Crippen LogP contribution in [0.4, 0.5) is 0 Å². The van der Waals surface area contributed by atoms with E-state index in [1.165, 1.54) is 16.5 Å². The molecule has 0 bridgehead atoms. The maximum Gasteiger partial charge on any atom is 0.164 e. The summed E-state index contributed by atoms with van der Waals surface area (Å²) < 4.78 is 12.6. The minimum atomic E-state index is 0.615. The number of furan rings is 2. The Morgan fingerprint density at radius 2 is 1.17 bits per heavy atom. The van der Waals surface area contributed by atoms with Gasteiger partial charge < -0.3 is 8.83 Å². The monoisotopic (exact) mass is 591 g/mol. The highest BCUT2D eigenvalue weighted by molar-refractivity contribution is 6.12. The van der Waals surface area contributed by atoms with Crippen molar-refractivity contribution in [3.8, 4) is 22.8 Å². The van der Waals surface area contributed by atoms with Gasteiger partial charge in [-0.05, 0) is 77.2 Å². The minimum Gasteiger partial charge on any atom is -0.456 e. The van der Waals surface area contributed by atoms with Crippen molar-refractivity contribution in [1.82, 2.24) is 15.0 Å². The average Bonchev–Trinajstić information content (AvgIpc) is 3.67. The molecule has 0 aliphatic heterocycles. The molecule has 0 unspecified atom stereocenters. The molecule has 0 atom stereocenters. The molecule has 3 aromatic heterocycles. The van der Waals surface area contributed by atoms with E-state index in [2.05, 4.69) is 84.9 Å². The predicted octanol–water partition coefficient (Wildman–Crippen LogP) is 10.5. The molecule has 5 nitrogen and oxygen atoms in total. The fourth-order valence-corrected chi connectivity index (χ4v) is 7.00. The zero-order chi connectivity index (χ0) is 30.2. The normalized spacial score (nSPS) is 13.2. The molecular weight excluding hydrogens is 566 g/mol. The van der Waals surface area contributed by atoms with Crippen LogP contribution in [0.1, 0.15) is 23.4 Å². The van der Waals surface area contributed by atoms with Crippen molar-refractivity contribution in [3.05, 3.63) is 144 Å². The summed E-state index contributed by atoms with van der Waals surface area (Å²) >= 11 is 0. The first-order valence-electron chi connectivity index (χ1n) is 15.6. The lowest BCUT2D eigenvalue weighted by atomic mass is 9.90. The van der Waals surface area contributed by atoms with E-state index in [4.69, 9.17) is 23.8 Å². The maximum atomic E-state index is 6.31. The van der Waals surface area contributed by atoms with Crippen molar-refractivity contribution in [2.75, 3.05) is 0 Å². The lowest BCUT2D eigenvalue weighted by Crippen LogP contribution is -2.07. The summed E-state index contributed by atoms with van der Waals surface area (Å²) in [4.78, 5) is 15.5. The van der Waals surface area contributed by atoms with Crippen LogP contribution in [0.15, 0.2) is 136 Å². The molecule has 6 aromatic carbocycles. The average molecular weight is 592 g/mol. The van der Waals surface area contributed by atoms with Crippen LogP contribution < -0.4 is 0 Å². The topological polar surface area (TPSA) is 65.0 Å². The molecule has 10 rings (SSSR count). The van der Waals surface area contributed by atoms with Gasteiger partial charge in [0.05, 0.1) is 0 Å². The highest BCUT2D eigenvalue weighted by atomic mass is 16.3. The van der Waals surface area contributed by atoms with Crippen molar-refractivity contribution >= 4 is 60.2 Å². The van der Waals surface area contributed by atoms with Gasteiger partial charge >= 0.3 is 0 Å². The van der Waals surface area contributed by atoms with Crippen LogP contribution in [0.3, 0.4) is 0 Å². The Balaban J connectivity index is 1.23. The zero-order valence-corrected chi connectivity index (χ0v) is 24.7. The molecule has 0 fully saturated rings. The molecule has 0 amide bonds. The highest BCUT2D eigenvalue weighted by Crippen LogP contribution is 2.39. The summed E-state index contributed by atoms with van der Waals surface area (Å²) in [5, 5.41) is 6.48. The molecule has 0 radical (unpaired) electrons. The second kappa shape index (κ2) is 9.71. The van der Waals surface area contributed by atoms with Gasteiger partial charge in [0.1, 0.15) is 22.3 Å². The molecule has 5 heteroatoms. The van der Waals surface area contributed by atoms with Gasteiger partial charge in [-0.2, -0.15) is 0 Å². The molecule has 216 valence electrons. The lowest BCUT2D eigenvalue weighted by Gasteiger charge is -2.18. The SMILES string of the molecule is C1=C(c2nc(-c3ccc4oc5cc6ccccc6cc5c4c3)nc(-c3cccc4oc5ccccc5c34)n2)c2ccccc2CC1. The van der Waals surface area contributed by atoms with Crippen molar-refractivity contribution < 1.29 is 8.83 Å². The number of nitrogens with zero attached hydrogens (tertiary/aromatic N) is 3. The number of aryl methyl sites for hydroxylation is 1. The molecule has 46 heavy (non-hydrogen) atoms. The Labute approximate surface area is 263 Å². The molecule has 0 spiro atoms. The minimum absolute atomic E-state index is 0.615. The molecule has 0 saturated heterocycles. The van der Waals surface area contributed by atoms with Gasteiger partial charge in [-0.15, -0.1) is 0 Å². The van der Waals surface area contributed by atoms with Gasteiger partial charge in [0.2, 0.25) is 0 Å². The van der Waals surface area contributed by atoms with Crippen LogP contribution in [-0.2, 0) is 6.42 Å². The number of benzene rings is 6. The standard InChI is InChI=1S/C41H25N3O2/c1-2-11-26-23-37-33(21-25(26)10-1)32-22-27(19-20-35(32)46-37)39-42-40(29-15-7-12-24-9-3-4-13-28(24)29)44-41(43-39)31-16-8-18-36-38(31)30-14-5-6-17-34(30)45-36/h1-6,8-11,13-23H,7,12H2. The third-order valence-corrected chi connectivity index (χ3v) is 9.19. The molecule has 3 heterocycles. The van der Waals surface area contributed by atoms with E-state index in [1.807, 2.05) is 42.5 Å². The molecule has 9 aromatic rings. The van der Waals surface area contributed by atoms with E-state index >= 15 is 0 Å². The van der Waals surface area contributed by atoms with Crippen LogP contribution in [0.2, 0.25) is 0 Å². The first kappa shape index (κ1) is 25.3. The maximum absolute atomic E-state index is 6.31. The Hall–Kier alpha value is -6.07. The van der Waals surface area contributed by atoms with Gasteiger partial charge in [-0.1, -0.05) is 84.9 Å². The molecule has 0 N–H and O–H groups in total. The fraction of sp³-hybridized carbons (Fsp3) is 0.0488. The van der Waals surface area contributed by atoms with Gasteiger partial charge in [0, 0.05) is 38.2 Å².